The molecule has 2 N–H and O–H groups in total. The van der Waals surface area contributed by atoms with Crippen molar-refractivity contribution in [3.63, 3.8) is 0 Å². The molecule has 8 heteroatoms. The number of nitrogens with one attached hydrogen (secondary N) is 1. The van der Waals surface area contributed by atoms with Crippen LogP contribution in [0.3, 0.4) is 0 Å². The fraction of sp³-hybridized carbons (Fsp3) is 0.182. The lowest BCUT2D eigenvalue weighted by atomic mass is 10.3. The molecule has 0 aliphatic rings. The highest BCUT2D eigenvalue weighted by atomic mass is 35.5. The topological polar surface area (TPSA) is 76.5 Å². The molecular weight excluding hydrogens is 292 g/mol. The molecular formula is C11H11ClN2O4S. The monoisotopic (exact) mass is 302 g/mol. The van der Waals surface area contributed by atoms with Gasteiger partial charge < -0.3 is 0 Å². The van der Waals surface area contributed by atoms with Crippen LogP contribution in [0.2, 0.25) is 5.02 Å². The maximum absolute atomic E-state index is 12.0. The van der Waals surface area contributed by atoms with Crippen molar-refractivity contribution in [3.8, 4) is 5.69 Å². The Hall–Kier alpha value is -1.25. The van der Waals surface area contributed by atoms with Gasteiger partial charge in [-0.15, -0.1) is 4.33 Å². The Balaban J connectivity index is 2.48. The number of aryl methyl sites for hydroxylation is 1. The van der Waals surface area contributed by atoms with Crippen LogP contribution >= 0.6 is 23.6 Å². The second kappa shape index (κ2) is 5.81. The van der Waals surface area contributed by atoms with Crippen LogP contribution in [0, 0.1) is 13.8 Å². The van der Waals surface area contributed by atoms with Gasteiger partial charge >= 0.3 is 0 Å². The number of benzene rings is 1. The molecule has 0 atom stereocenters. The first kappa shape index (κ1) is 14.2. The molecule has 0 radical (unpaired) electrons. The lowest BCUT2D eigenvalue weighted by molar-refractivity contribution is -0.432. The molecule has 1 heterocycles. The summed E-state index contributed by atoms with van der Waals surface area (Å²) in [5.41, 5.74) is 1.73. The fourth-order valence-corrected chi connectivity index (χ4v) is 2.16. The Morgan fingerprint density at radius 3 is 2.74 bits per heavy atom. The van der Waals surface area contributed by atoms with Crippen LogP contribution in [0.4, 0.5) is 0 Å². The van der Waals surface area contributed by atoms with Crippen molar-refractivity contribution >= 4 is 23.6 Å². The fourth-order valence-electron chi connectivity index (χ4n) is 1.57. The number of rotatable bonds is 4. The van der Waals surface area contributed by atoms with E-state index in [1.807, 2.05) is 6.92 Å². The highest BCUT2D eigenvalue weighted by Gasteiger charge is 2.12. The molecule has 0 aliphatic carbocycles. The third-order valence-corrected chi connectivity index (χ3v) is 3.58. The van der Waals surface area contributed by atoms with E-state index in [0.29, 0.717) is 21.2 Å². The van der Waals surface area contributed by atoms with Gasteiger partial charge in [0.2, 0.25) is 0 Å². The van der Waals surface area contributed by atoms with Crippen LogP contribution < -0.4 is 5.56 Å². The second-order valence-corrected chi connectivity index (χ2v) is 5.02. The van der Waals surface area contributed by atoms with Gasteiger partial charge in [0.25, 0.3) is 5.56 Å². The first-order valence-electron chi connectivity index (χ1n) is 5.27. The SMILES string of the molecule is Cc1[nH]n(-c2cc(SOOO)ccc2Cl)c(=O)c1C. The lowest BCUT2D eigenvalue weighted by Crippen LogP contribution is -2.16. The van der Waals surface area contributed by atoms with Gasteiger partial charge in [-0.25, -0.2) is 9.94 Å². The predicted molar refractivity (Wildman–Crippen MR) is 71.5 cm³/mol. The summed E-state index contributed by atoms with van der Waals surface area (Å²) >= 11 is 6.88. The third kappa shape index (κ3) is 2.85. The molecule has 2 aromatic rings. The van der Waals surface area contributed by atoms with Crippen molar-refractivity contribution in [2.24, 2.45) is 0 Å². The van der Waals surface area contributed by atoms with Crippen LogP contribution in [0.25, 0.3) is 5.69 Å². The van der Waals surface area contributed by atoms with Crippen LogP contribution in [0.15, 0.2) is 27.9 Å². The molecule has 2 rings (SSSR count). The molecule has 0 bridgehead atoms. The predicted octanol–water partition coefficient (Wildman–Crippen LogP) is 2.86. The van der Waals surface area contributed by atoms with E-state index in [-0.39, 0.29) is 5.56 Å². The number of aromatic amines is 1. The van der Waals surface area contributed by atoms with Gasteiger partial charge in [0, 0.05) is 16.2 Å². The normalized spacial score (nSPS) is 10.9. The standard InChI is InChI=1S/C11H11ClN2O4S/c1-6-7(2)13-14(11(6)15)10-5-8(19-18-17-16)3-4-9(10)12/h3-5,13,16H,1-2H3. The molecule has 0 fully saturated rings. The number of hydrogen-bond donors (Lipinski definition) is 2. The van der Waals surface area contributed by atoms with E-state index in [0.717, 1.165) is 17.7 Å². The maximum atomic E-state index is 12.0. The van der Waals surface area contributed by atoms with E-state index >= 15 is 0 Å². The van der Waals surface area contributed by atoms with Gasteiger partial charge in [0.15, 0.2) is 0 Å². The summed E-state index contributed by atoms with van der Waals surface area (Å²) in [5, 5.41) is 15.0. The van der Waals surface area contributed by atoms with Gasteiger partial charge in [-0.3, -0.25) is 9.89 Å². The zero-order chi connectivity index (χ0) is 14.0. The van der Waals surface area contributed by atoms with E-state index in [1.54, 1.807) is 25.1 Å². The highest BCUT2D eigenvalue weighted by molar-refractivity contribution is 7.94. The van der Waals surface area contributed by atoms with Crippen LogP contribution in [0.5, 0.6) is 0 Å². The largest absolute Gasteiger partial charge is 0.295 e. The van der Waals surface area contributed by atoms with E-state index in [1.165, 1.54) is 4.68 Å². The Kier molecular flexibility index (Phi) is 4.33. The van der Waals surface area contributed by atoms with Gasteiger partial charge in [-0.05, 0) is 32.0 Å². The minimum atomic E-state index is -0.166. The minimum absolute atomic E-state index is 0.166. The van der Waals surface area contributed by atoms with Crippen molar-refractivity contribution in [1.82, 2.24) is 9.78 Å². The molecule has 19 heavy (non-hydrogen) atoms. The highest BCUT2D eigenvalue weighted by Crippen LogP contribution is 2.27. The van der Waals surface area contributed by atoms with E-state index in [4.69, 9.17) is 16.9 Å². The van der Waals surface area contributed by atoms with Crippen molar-refractivity contribution in [2.45, 2.75) is 18.7 Å². The molecule has 102 valence electrons. The lowest BCUT2D eigenvalue weighted by Gasteiger charge is -2.06. The van der Waals surface area contributed by atoms with E-state index < -0.39 is 0 Å². The Labute approximate surface area is 118 Å². The maximum Gasteiger partial charge on any atom is 0.274 e. The molecule has 0 saturated heterocycles. The van der Waals surface area contributed by atoms with Crippen molar-refractivity contribution in [2.75, 3.05) is 0 Å². The van der Waals surface area contributed by atoms with E-state index in [2.05, 4.69) is 14.5 Å². The summed E-state index contributed by atoms with van der Waals surface area (Å²) in [6, 6.07) is 4.93. The van der Waals surface area contributed by atoms with Crippen LogP contribution in [0.1, 0.15) is 11.3 Å². The smallest absolute Gasteiger partial charge is 0.274 e. The first-order chi connectivity index (χ1) is 9.04. The van der Waals surface area contributed by atoms with Gasteiger partial charge in [0.05, 0.1) is 22.8 Å². The molecule has 0 saturated carbocycles. The number of nitrogens with zero attached hydrogens (tertiary/aromatic N) is 1. The molecule has 0 amide bonds. The molecule has 6 nitrogen and oxygen atoms in total. The van der Waals surface area contributed by atoms with Gasteiger partial charge in [-0.2, -0.15) is 0 Å². The summed E-state index contributed by atoms with van der Waals surface area (Å²) in [6.45, 7) is 3.54. The minimum Gasteiger partial charge on any atom is -0.295 e. The molecule has 0 spiro atoms. The van der Waals surface area contributed by atoms with Crippen molar-refractivity contribution in [1.29, 1.82) is 0 Å². The summed E-state index contributed by atoms with van der Waals surface area (Å²) in [4.78, 5) is 12.7. The molecule has 0 aliphatic heterocycles. The Bertz CT molecular complexity index is 653. The Morgan fingerprint density at radius 1 is 1.42 bits per heavy atom. The third-order valence-electron chi connectivity index (χ3n) is 2.69. The van der Waals surface area contributed by atoms with Crippen LogP contribution in [-0.2, 0) is 9.37 Å². The number of hydrogen-bond acceptors (Lipinski definition) is 5. The van der Waals surface area contributed by atoms with Crippen molar-refractivity contribution < 1.29 is 14.6 Å². The zero-order valence-electron chi connectivity index (χ0n) is 10.1. The zero-order valence-corrected chi connectivity index (χ0v) is 11.7. The van der Waals surface area contributed by atoms with Crippen LogP contribution in [-0.4, -0.2) is 15.0 Å². The summed E-state index contributed by atoms with van der Waals surface area (Å²) in [7, 11) is 0. The summed E-state index contributed by atoms with van der Waals surface area (Å²) in [6.07, 6.45) is 0. The summed E-state index contributed by atoms with van der Waals surface area (Å²) < 4.78 is 5.70. The second-order valence-electron chi connectivity index (χ2n) is 3.84. The first-order valence-corrected chi connectivity index (χ1v) is 6.39. The number of H-pyrrole nitrogens is 1. The molecule has 1 aromatic carbocycles. The van der Waals surface area contributed by atoms with Gasteiger partial charge in [-0.1, -0.05) is 16.6 Å². The number of halogens is 1. The quantitative estimate of drug-likeness (QED) is 0.516. The summed E-state index contributed by atoms with van der Waals surface area (Å²) in [5.74, 6) is 0. The average molecular weight is 303 g/mol. The van der Waals surface area contributed by atoms with E-state index in [9.17, 15) is 4.79 Å². The average Bonchev–Trinajstić information content (AvgIpc) is 2.65. The molecule has 1 aromatic heterocycles. The van der Waals surface area contributed by atoms with Gasteiger partial charge in [0.1, 0.15) is 0 Å². The van der Waals surface area contributed by atoms with Crippen molar-refractivity contribution in [3.05, 3.63) is 44.8 Å². The Morgan fingerprint density at radius 2 is 2.16 bits per heavy atom. The number of aromatic nitrogens is 2. The molecule has 0 unspecified atom stereocenters.